The summed E-state index contributed by atoms with van der Waals surface area (Å²) < 4.78 is 16.6. The summed E-state index contributed by atoms with van der Waals surface area (Å²) in [6.45, 7) is 2.99. The minimum Gasteiger partial charge on any atom is -0.486 e. The van der Waals surface area contributed by atoms with Crippen molar-refractivity contribution in [2.45, 2.75) is 6.10 Å². The molecule has 0 unspecified atom stereocenters. The molecule has 0 radical (unpaired) electrons. The number of ether oxygens (including phenoxy) is 3. The van der Waals surface area contributed by atoms with Gasteiger partial charge in [-0.15, -0.1) is 0 Å². The van der Waals surface area contributed by atoms with E-state index in [0.717, 1.165) is 0 Å². The van der Waals surface area contributed by atoms with Crippen LogP contribution in [0.5, 0.6) is 11.5 Å². The van der Waals surface area contributed by atoms with Crippen molar-refractivity contribution in [2.75, 3.05) is 39.5 Å². The van der Waals surface area contributed by atoms with Gasteiger partial charge in [-0.2, -0.15) is 0 Å². The Morgan fingerprint density at radius 2 is 2.15 bits per heavy atom. The lowest BCUT2D eigenvalue weighted by Crippen LogP contribution is -2.48. The number of carbonyl (C=O) groups is 1. The van der Waals surface area contributed by atoms with E-state index in [9.17, 15) is 4.79 Å². The number of amides is 1. The zero-order valence-electron chi connectivity index (χ0n) is 11.2. The topological polar surface area (TPSA) is 74.0 Å². The molecule has 1 fully saturated rings. The van der Waals surface area contributed by atoms with Crippen molar-refractivity contribution in [1.29, 1.82) is 0 Å². The summed E-state index contributed by atoms with van der Waals surface area (Å²) in [5.41, 5.74) is 6.15. The standard InChI is InChI=1S/C14H18N2O4/c15-8-10-9-16(4-5-18-10)14(17)11-2-1-3-12-13(11)20-7-6-19-12/h1-3,10H,4-9,15H2/t10-/m1/s1. The summed E-state index contributed by atoms with van der Waals surface area (Å²) in [5, 5.41) is 0. The fourth-order valence-electron chi connectivity index (χ4n) is 2.46. The predicted molar refractivity (Wildman–Crippen MR) is 72.1 cm³/mol. The molecular weight excluding hydrogens is 260 g/mol. The first-order valence-corrected chi connectivity index (χ1v) is 6.79. The Morgan fingerprint density at radius 1 is 1.30 bits per heavy atom. The van der Waals surface area contributed by atoms with E-state index in [4.69, 9.17) is 19.9 Å². The van der Waals surface area contributed by atoms with Crippen molar-refractivity contribution in [3.63, 3.8) is 0 Å². The zero-order valence-corrected chi connectivity index (χ0v) is 11.2. The fraction of sp³-hybridized carbons (Fsp3) is 0.500. The first-order chi connectivity index (χ1) is 9.79. The molecule has 1 aromatic rings. The van der Waals surface area contributed by atoms with Gasteiger partial charge in [-0.3, -0.25) is 4.79 Å². The Balaban J connectivity index is 1.83. The maximum Gasteiger partial charge on any atom is 0.257 e. The second-order valence-electron chi connectivity index (χ2n) is 4.81. The summed E-state index contributed by atoms with van der Waals surface area (Å²) in [6.07, 6.45) is -0.0931. The molecular formula is C14H18N2O4. The Bertz CT molecular complexity index is 506. The van der Waals surface area contributed by atoms with Crippen LogP contribution in [0.2, 0.25) is 0 Å². The van der Waals surface area contributed by atoms with Crippen molar-refractivity contribution < 1.29 is 19.0 Å². The lowest BCUT2D eigenvalue weighted by molar-refractivity contribution is -0.0169. The molecule has 1 aromatic carbocycles. The Labute approximate surface area is 117 Å². The van der Waals surface area contributed by atoms with Gasteiger partial charge < -0.3 is 24.8 Å². The van der Waals surface area contributed by atoms with E-state index in [-0.39, 0.29) is 12.0 Å². The average molecular weight is 278 g/mol. The Hall–Kier alpha value is -1.79. The summed E-state index contributed by atoms with van der Waals surface area (Å²) in [5.74, 6) is 1.11. The number of carbonyl (C=O) groups excluding carboxylic acids is 1. The first kappa shape index (κ1) is 13.2. The highest BCUT2D eigenvalue weighted by atomic mass is 16.6. The molecule has 0 aliphatic carbocycles. The van der Waals surface area contributed by atoms with Crippen molar-refractivity contribution >= 4 is 5.91 Å². The van der Waals surface area contributed by atoms with Gasteiger partial charge in [-0.25, -0.2) is 0 Å². The molecule has 0 bridgehead atoms. The third kappa shape index (κ3) is 2.44. The van der Waals surface area contributed by atoms with Gasteiger partial charge in [0.25, 0.3) is 5.91 Å². The first-order valence-electron chi connectivity index (χ1n) is 6.79. The van der Waals surface area contributed by atoms with Crippen LogP contribution >= 0.6 is 0 Å². The highest BCUT2D eigenvalue weighted by Crippen LogP contribution is 2.34. The van der Waals surface area contributed by atoms with Crippen molar-refractivity contribution in [1.82, 2.24) is 4.90 Å². The van der Waals surface area contributed by atoms with E-state index in [1.165, 1.54) is 0 Å². The van der Waals surface area contributed by atoms with Crippen LogP contribution < -0.4 is 15.2 Å². The molecule has 2 aliphatic rings. The van der Waals surface area contributed by atoms with Gasteiger partial charge in [0, 0.05) is 19.6 Å². The number of benzene rings is 1. The largest absolute Gasteiger partial charge is 0.486 e. The average Bonchev–Trinajstić information content (AvgIpc) is 2.53. The molecule has 2 aliphatic heterocycles. The smallest absolute Gasteiger partial charge is 0.257 e. The lowest BCUT2D eigenvalue weighted by Gasteiger charge is -2.33. The fourth-order valence-corrected chi connectivity index (χ4v) is 2.46. The van der Waals surface area contributed by atoms with Crippen LogP contribution in [0.4, 0.5) is 0 Å². The lowest BCUT2D eigenvalue weighted by atomic mass is 10.1. The van der Waals surface area contributed by atoms with Crippen LogP contribution in [0.25, 0.3) is 0 Å². The second kappa shape index (κ2) is 5.68. The summed E-state index contributed by atoms with van der Waals surface area (Å²) >= 11 is 0. The van der Waals surface area contributed by atoms with Crippen LogP contribution in [-0.2, 0) is 4.74 Å². The normalized spacial score (nSPS) is 21.6. The Kier molecular flexibility index (Phi) is 3.75. The monoisotopic (exact) mass is 278 g/mol. The molecule has 6 heteroatoms. The molecule has 2 heterocycles. The molecule has 2 N–H and O–H groups in total. The predicted octanol–water partition coefficient (Wildman–Crippen LogP) is 0.257. The quantitative estimate of drug-likeness (QED) is 0.840. The molecule has 108 valence electrons. The summed E-state index contributed by atoms with van der Waals surface area (Å²) in [4.78, 5) is 14.4. The minimum absolute atomic E-state index is 0.0610. The van der Waals surface area contributed by atoms with Gasteiger partial charge in [0.1, 0.15) is 13.2 Å². The van der Waals surface area contributed by atoms with Crippen LogP contribution in [0.15, 0.2) is 18.2 Å². The highest BCUT2D eigenvalue weighted by molar-refractivity contribution is 5.98. The van der Waals surface area contributed by atoms with Crippen molar-refractivity contribution in [3.05, 3.63) is 23.8 Å². The zero-order chi connectivity index (χ0) is 13.9. The van der Waals surface area contributed by atoms with E-state index in [2.05, 4.69) is 0 Å². The highest BCUT2D eigenvalue weighted by Gasteiger charge is 2.28. The van der Waals surface area contributed by atoms with E-state index in [0.29, 0.717) is 56.5 Å². The van der Waals surface area contributed by atoms with Crippen molar-refractivity contribution in [3.8, 4) is 11.5 Å². The summed E-state index contributed by atoms with van der Waals surface area (Å²) in [6, 6.07) is 5.39. The minimum atomic E-state index is -0.0931. The van der Waals surface area contributed by atoms with Gasteiger partial charge in [0.15, 0.2) is 11.5 Å². The van der Waals surface area contributed by atoms with E-state index in [1.54, 1.807) is 11.0 Å². The second-order valence-corrected chi connectivity index (χ2v) is 4.81. The number of para-hydroxylation sites is 1. The molecule has 3 rings (SSSR count). The number of fused-ring (bicyclic) bond motifs is 1. The number of hydrogen-bond acceptors (Lipinski definition) is 5. The van der Waals surface area contributed by atoms with Crippen LogP contribution in [0, 0.1) is 0 Å². The maximum absolute atomic E-state index is 12.6. The van der Waals surface area contributed by atoms with Crippen LogP contribution in [0.3, 0.4) is 0 Å². The molecule has 1 amide bonds. The molecule has 0 saturated carbocycles. The number of rotatable bonds is 2. The van der Waals surface area contributed by atoms with Crippen LogP contribution in [-0.4, -0.2) is 56.4 Å². The van der Waals surface area contributed by atoms with Gasteiger partial charge in [0.05, 0.1) is 18.3 Å². The third-order valence-corrected chi connectivity index (χ3v) is 3.49. The van der Waals surface area contributed by atoms with Gasteiger partial charge in [-0.1, -0.05) is 6.07 Å². The molecule has 0 spiro atoms. The molecule has 1 atom stereocenters. The van der Waals surface area contributed by atoms with E-state index in [1.807, 2.05) is 12.1 Å². The number of nitrogens with two attached hydrogens (primary N) is 1. The number of hydrogen-bond donors (Lipinski definition) is 1. The van der Waals surface area contributed by atoms with Gasteiger partial charge in [0.2, 0.25) is 0 Å². The van der Waals surface area contributed by atoms with Gasteiger partial charge in [-0.05, 0) is 12.1 Å². The van der Waals surface area contributed by atoms with Gasteiger partial charge >= 0.3 is 0 Å². The number of nitrogens with zero attached hydrogens (tertiary/aromatic N) is 1. The maximum atomic E-state index is 12.6. The third-order valence-electron chi connectivity index (χ3n) is 3.49. The van der Waals surface area contributed by atoms with E-state index < -0.39 is 0 Å². The SMILES string of the molecule is NC[C@@H]1CN(C(=O)c2cccc3c2OCCO3)CCO1. The molecule has 20 heavy (non-hydrogen) atoms. The van der Waals surface area contributed by atoms with Crippen LogP contribution in [0.1, 0.15) is 10.4 Å². The Morgan fingerprint density at radius 3 is 3.00 bits per heavy atom. The molecule has 6 nitrogen and oxygen atoms in total. The summed E-state index contributed by atoms with van der Waals surface area (Å²) in [7, 11) is 0. The molecule has 0 aromatic heterocycles. The number of morpholine rings is 1. The molecule has 1 saturated heterocycles. The van der Waals surface area contributed by atoms with Crippen molar-refractivity contribution in [2.24, 2.45) is 5.73 Å². The van der Waals surface area contributed by atoms with E-state index >= 15 is 0 Å².